The highest BCUT2D eigenvalue weighted by Gasteiger charge is 2.27. The monoisotopic (exact) mass is 400 g/mol. The number of likely N-dealkylation sites (N-methyl/N-ethyl adjacent to an activating group) is 4. The zero-order valence-electron chi connectivity index (χ0n) is 17.6. The summed E-state index contributed by atoms with van der Waals surface area (Å²) < 4.78 is 0. The van der Waals surface area contributed by atoms with Crippen LogP contribution in [0.2, 0.25) is 0 Å². The molecule has 10 nitrogen and oxygen atoms in total. The third-order valence-corrected chi connectivity index (χ3v) is 4.34. The lowest BCUT2D eigenvalue weighted by Crippen LogP contribution is -2.51. The molecule has 0 aromatic rings. The maximum Gasteiger partial charge on any atom is 0.238 e. The molecule has 0 aliphatic rings. The van der Waals surface area contributed by atoms with E-state index in [9.17, 15) is 19.2 Å². The summed E-state index contributed by atoms with van der Waals surface area (Å²) in [6, 6.07) is -0.876. The first-order chi connectivity index (χ1) is 13.3. The van der Waals surface area contributed by atoms with Gasteiger partial charge in [0, 0.05) is 39.0 Å². The minimum absolute atomic E-state index is 0.0182. The Balaban J connectivity index is 5.00. The van der Waals surface area contributed by atoms with Crippen molar-refractivity contribution in [2.45, 2.75) is 31.8 Å². The van der Waals surface area contributed by atoms with E-state index in [-0.39, 0.29) is 49.3 Å². The minimum Gasteiger partial charge on any atom is -0.355 e. The number of hydrogen-bond acceptors (Lipinski definition) is 8. The predicted octanol–water partition coefficient (Wildman–Crippen LogP) is -2.61. The molecule has 10 heteroatoms. The van der Waals surface area contributed by atoms with Gasteiger partial charge in [-0.3, -0.25) is 19.2 Å². The quantitative estimate of drug-likeness (QED) is 0.166. The molecule has 28 heavy (non-hydrogen) atoms. The number of nitrogens with one attached hydrogen (secondary N) is 6. The van der Waals surface area contributed by atoms with E-state index in [0.717, 1.165) is 0 Å². The van der Waals surface area contributed by atoms with E-state index in [4.69, 9.17) is 0 Å². The number of ketones is 2. The third-order valence-electron chi connectivity index (χ3n) is 4.34. The first kappa shape index (κ1) is 26.1. The summed E-state index contributed by atoms with van der Waals surface area (Å²) >= 11 is 0. The highest BCUT2D eigenvalue weighted by molar-refractivity contribution is 5.91. The molecule has 0 aliphatic heterocycles. The summed E-state index contributed by atoms with van der Waals surface area (Å²) in [7, 11) is 6.83. The van der Waals surface area contributed by atoms with Gasteiger partial charge >= 0.3 is 0 Å². The van der Waals surface area contributed by atoms with Gasteiger partial charge in [-0.1, -0.05) is 0 Å². The molecule has 6 N–H and O–H groups in total. The molecule has 0 fully saturated rings. The fraction of sp³-hybridized carbons (Fsp3) is 0.778. The Morgan fingerprint density at radius 3 is 1.82 bits per heavy atom. The third kappa shape index (κ3) is 10.5. The molecule has 0 spiro atoms. The van der Waals surface area contributed by atoms with Crippen LogP contribution >= 0.6 is 0 Å². The number of carbonyl (C=O) groups excluding carboxylic acids is 4. The van der Waals surface area contributed by atoms with E-state index in [1.165, 1.54) is 6.92 Å². The van der Waals surface area contributed by atoms with Crippen LogP contribution in [0.3, 0.4) is 0 Å². The summed E-state index contributed by atoms with van der Waals surface area (Å²) in [5, 5.41) is 17.1. The molecule has 0 saturated heterocycles. The van der Waals surface area contributed by atoms with E-state index in [2.05, 4.69) is 31.9 Å². The molecule has 162 valence electrons. The van der Waals surface area contributed by atoms with Crippen molar-refractivity contribution in [3.05, 3.63) is 0 Å². The second-order valence-electron chi connectivity index (χ2n) is 6.65. The van der Waals surface area contributed by atoms with Gasteiger partial charge in [0.25, 0.3) is 0 Å². The Kier molecular flexibility index (Phi) is 14.1. The first-order valence-corrected chi connectivity index (χ1v) is 9.51. The fourth-order valence-corrected chi connectivity index (χ4v) is 2.61. The molecule has 3 unspecified atom stereocenters. The number of rotatable bonds is 16. The van der Waals surface area contributed by atoms with E-state index < -0.39 is 18.0 Å². The lowest BCUT2D eigenvalue weighted by atomic mass is 9.97. The summed E-state index contributed by atoms with van der Waals surface area (Å²) in [4.78, 5) is 48.4. The van der Waals surface area contributed by atoms with Crippen LogP contribution in [-0.4, -0.2) is 89.8 Å². The Morgan fingerprint density at radius 1 is 0.750 bits per heavy atom. The normalized spacial score (nSPS) is 14.0. The van der Waals surface area contributed by atoms with Crippen LogP contribution in [-0.2, 0) is 19.2 Å². The van der Waals surface area contributed by atoms with E-state index in [1.807, 2.05) is 0 Å². The van der Waals surface area contributed by atoms with Crippen molar-refractivity contribution in [2.24, 2.45) is 5.92 Å². The standard InChI is InChI=1S/C18H36N6O4/c1-12(25)6-7-23-17(27)13(8-16(26)14(21-4)10-19-2)9-24-18(28)15(22-5)11-20-3/h13-15,19-22H,6-11H2,1-5H3,(H,23,27)(H,24,28). The van der Waals surface area contributed by atoms with Crippen LogP contribution < -0.4 is 31.9 Å². The maximum absolute atomic E-state index is 12.5. The smallest absolute Gasteiger partial charge is 0.238 e. The van der Waals surface area contributed by atoms with Gasteiger partial charge < -0.3 is 31.9 Å². The van der Waals surface area contributed by atoms with Crippen molar-refractivity contribution < 1.29 is 19.2 Å². The molecule has 0 aliphatic carbocycles. The zero-order chi connectivity index (χ0) is 21.5. The van der Waals surface area contributed by atoms with E-state index in [1.54, 1.807) is 28.2 Å². The average molecular weight is 401 g/mol. The summed E-state index contributed by atoms with van der Waals surface area (Å²) in [5.74, 6) is -1.49. The number of carbonyl (C=O) groups is 4. The van der Waals surface area contributed by atoms with Gasteiger partial charge in [-0.15, -0.1) is 0 Å². The van der Waals surface area contributed by atoms with Crippen molar-refractivity contribution in [3.63, 3.8) is 0 Å². The van der Waals surface area contributed by atoms with Crippen LogP contribution in [0.5, 0.6) is 0 Å². The average Bonchev–Trinajstić information content (AvgIpc) is 2.66. The minimum atomic E-state index is -0.719. The first-order valence-electron chi connectivity index (χ1n) is 9.51. The predicted molar refractivity (Wildman–Crippen MR) is 108 cm³/mol. The second kappa shape index (κ2) is 15.1. The van der Waals surface area contributed by atoms with Gasteiger partial charge in [0.05, 0.1) is 18.0 Å². The van der Waals surface area contributed by atoms with Crippen molar-refractivity contribution in [3.8, 4) is 0 Å². The van der Waals surface area contributed by atoms with Gasteiger partial charge in [-0.2, -0.15) is 0 Å². The molecule has 0 aromatic carbocycles. The maximum atomic E-state index is 12.5. The second-order valence-corrected chi connectivity index (χ2v) is 6.65. The molecular formula is C18H36N6O4. The number of hydrogen-bond donors (Lipinski definition) is 6. The zero-order valence-corrected chi connectivity index (χ0v) is 17.6. The molecule has 0 heterocycles. The van der Waals surface area contributed by atoms with Gasteiger partial charge in [-0.25, -0.2) is 0 Å². The molecule has 0 radical (unpaired) electrons. The molecule has 3 atom stereocenters. The summed E-state index contributed by atoms with van der Waals surface area (Å²) in [6.07, 6.45) is 0.206. The molecule has 0 bridgehead atoms. The largest absolute Gasteiger partial charge is 0.355 e. The van der Waals surface area contributed by atoms with Crippen LogP contribution in [0.4, 0.5) is 0 Å². The van der Waals surface area contributed by atoms with Gasteiger partial charge in [0.2, 0.25) is 11.8 Å². The van der Waals surface area contributed by atoms with Crippen molar-refractivity contribution in [2.75, 3.05) is 54.4 Å². The lowest BCUT2D eigenvalue weighted by Gasteiger charge is -2.22. The number of amides is 2. The fourth-order valence-electron chi connectivity index (χ4n) is 2.61. The SMILES string of the molecule is CNCC(NC)C(=O)CC(CNC(=O)C(CNC)NC)C(=O)NCCC(C)=O. The Bertz CT molecular complexity index is 514. The highest BCUT2D eigenvalue weighted by atomic mass is 16.2. The van der Waals surface area contributed by atoms with Crippen LogP contribution in [0.1, 0.15) is 19.8 Å². The topological polar surface area (TPSA) is 140 Å². The molecular weight excluding hydrogens is 364 g/mol. The van der Waals surface area contributed by atoms with Crippen LogP contribution in [0.25, 0.3) is 0 Å². The van der Waals surface area contributed by atoms with Crippen LogP contribution in [0, 0.1) is 5.92 Å². The Hall–Kier alpha value is -1.88. The van der Waals surface area contributed by atoms with Gasteiger partial charge in [-0.05, 0) is 35.1 Å². The van der Waals surface area contributed by atoms with E-state index in [0.29, 0.717) is 13.1 Å². The van der Waals surface area contributed by atoms with Crippen molar-refractivity contribution >= 4 is 23.4 Å². The van der Waals surface area contributed by atoms with Gasteiger partial charge in [0.15, 0.2) is 5.78 Å². The Morgan fingerprint density at radius 2 is 1.32 bits per heavy atom. The van der Waals surface area contributed by atoms with Crippen molar-refractivity contribution in [1.29, 1.82) is 0 Å². The number of Topliss-reactive ketones (excluding diaryl/α,β-unsaturated/α-hetero) is 2. The van der Waals surface area contributed by atoms with Crippen LogP contribution in [0.15, 0.2) is 0 Å². The highest BCUT2D eigenvalue weighted by Crippen LogP contribution is 2.06. The molecule has 2 amide bonds. The summed E-state index contributed by atoms with van der Waals surface area (Å²) in [5.41, 5.74) is 0. The van der Waals surface area contributed by atoms with Gasteiger partial charge in [0.1, 0.15) is 5.78 Å². The lowest BCUT2D eigenvalue weighted by molar-refractivity contribution is -0.131. The molecule has 0 saturated carbocycles. The van der Waals surface area contributed by atoms with Crippen molar-refractivity contribution in [1.82, 2.24) is 31.9 Å². The molecule has 0 rings (SSSR count). The molecule has 0 aromatic heterocycles. The summed E-state index contributed by atoms with van der Waals surface area (Å²) in [6.45, 7) is 2.55. The Labute approximate surface area is 167 Å². The van der Waals surface area contributed by atoms with E-state index >= 15 is 0 Å².